The molecule has 0 aliphatic carbocycles. The second-order valence-corrected chi connectivity index (χ2v) is 9.55. The van der Waals surface area contributed by atoms with E-state index in [1.165, 1.54) is 23.7 Å². The first-order valence-corrected chi connectivity index (χ1v) is 13.1. The number of aromatic nitrogens is 1. The molecule has 0 saturated heterocycles. The molecule has 0 fully saturated rings. The Morgan fingerprint density at radius 3 is 2.79 bits per heavy atom. The van der Waals surface area contributed by atoms with E-state index >= 15 is 0 Å². The van der Waals surface area contributed by atoms with Crippen LogP contribution in [-0.2, 0) is 16.0 Å². The second-order valence-electron chi connectivity index (χ2n) is 8.77. The van der Waals surface area contributed by atoms with E-state index in [1.54, 1.807) is 26.0 Å². The molecule has 0 radical (unpaired) electrons. The van der Waals surface area contributed by atoms with Gasteiger partial charge in [0.25, 0.3) is 5.69 Å². The van der Waals surface area contributed by atoms with Gasteiger partial charge in [-0.05, 0) is 43.1 Å². The van der Waals surface area contributed by atoms with Crippen LogP contribution in [0.5, 0.6) is 5.75 Å². The van der Waals surface area contributed by atoms with Gasteiger partial charge in [-0.15, -0.1) is 0 Å². The summed E-state index contributed by atoms with van der Waals surface area (Å²) in [6.07, 6.45) is -0.166. The molecule has 200 valence electrons. The molecule has 2 aromatic carbocycles. The molecule has 2 heterocycles. The molecule has 0 bridgehead atoms. The monoisotopic (exact) mass is 538 g/mol. The maximum absolute atomic E-state index is 13.0. The highest BCUT2D eigenvalue weighted by atomic mass is 32.1. The summed E-state index contributed by atoms with van der Waals surface area (Å²) >= 11 is 1.28. The highest BCUT2D eigenvalue weighted by Gasteiger charge is 2.37. The van der Waals surface area contributed by atoms with Crippen molar-refractivity contribution in [3.63, 3.8) is 0 Å². The van der Waals surface area contributed by atoms with Gasteiger partial charge < -0.3 is 25.2 Å². The predicted octanol–water partition coefficient (Wildman–Crippen LogP) is 4.02. The number of fused-ring (bicyclic) bond motifs is 1. The molecule has 4 rings (SSSR count). The number of hydrogen-bond donors (Lipinski definition) is 3. The van der Waals surface area contributed by atoms with Crippen LogP contribution >= 0.6 is 11.5 Å². The fourth-order valence-electron chi connectivity index (χ4n) is 4.37. The lowest BCUT2D eigenvalue weighted by molar-refractivity contribution is -0.384. The number of nitrogens with zero attached hydrogens (tertiary/aromatic N) is 2. The summed E-state index contributed by atoms with van der Waals surface area (Å²) in [5.74, 6) is -0.346. The molecule has 2 atom stereocenters. The van der Waals surface area contributed by atoms with Crippen LogP contribution in [0.15, 0.2) is 65.9 Å². The predicted molar refractivity (Wildman–Crippen MR) is 145 cm³/mol. The van der Waals surface area contributed by atoms with Crippen molar-refractivity contribution in [2.24, 2.45) is 0 Å². The van der Waals surface area contributed by atoms with Crippen molar-refractivity contribution >= 4 is 28.2 Å². The lowest BCUT2D eigenvalue weighted by atomic mass is 9.81. The minimum Gasteiger partial charge on any atom is -0.491 e. The Bertz CT molecular complexity index is 1310. The maximum Gasteiger partial charge on any atom is 0.336 e. The molecule has 38 heavy (non-hydrogen) atoms. The Balaban J connectivity index is 1.50. The number of nitrogens with one attached hydrogen (secondary N) is 2. The average molecular weight is 539 g/mol. The molecule has 0 amide bonds. The van der Waals surface area contributed by atoms with E-state index in [2.05, 4.69) is 15.0 Å². The Morgan fingerprint density at radius 2 is 2.05 bits per heavy atom. The van der Waals surface area contributed by atoms with Crippen molar-refractivity contribution in [3.8, 4) is 5.75 Å². The van der Waals surface area contributed by atoms with Gasteiger partial charge in [-0.1, -0.05) is 30.3 Å². The number of aliphatic hydroxyl groups excluding tert-OH is 1. The van der Waals surface area contributed by atoms with Crippen LogP contribution in [0.3, 0.4) is 0 Å². The number of rotatable bonds is 12. The molecular weight excluding hydrogens is 508 g/mol. The fourth-order valence-corrected chi connectivity index (χ4v) is 5.30. The van der Waals surface area contributed by atoms with Gasteiger partial charge in [-0.3, -0.25) is 10.1 Å². The zero-order chi connectivity index (χ0) is 27.1. The normalized spacial score (nSPS) is 15.4. The van der Waals surface area contributed by atoms with Gasteiger partial charge in [0.15, 0.2) is 0 Å². The van der Waals surface area contributed by atoms with Crippen LogP contribution in [0.2, 0.25) is 0 Å². The largest absolute Gasteiger partial charge is 0.491 e. The van der Waals surface area contributed by atoms with Crippen molar-refractivity contribution in [1.82, 2.24) is 9.69 Å². The van der Waals surface area contributed by atoms with Crippen LogP contribution in [0.25, 0.3) is 0 Å². The smallest absolute Gasteiger partial charge is 0.336 e. The first-order valence-electron chi connectivity index (χ1n) is 12.3. The Morgan fingerprint density at radius 1 is 1.26 bits per heavy atom. The molecule has 0 saturated carbocycles. The topological polar surface area (TPSA) is 136 Å². The SMILES string of the molecule is CCOC(=O)C1=C(C)Nc2snc(CCNCC(O)COc3ccccc3)c2C1c1cccc([N+](=O)[O-])c1. The summed E-state index contributed by atoms with van der Waals surface area (Å²) in [4.78, 5) is 24.1. The lowest BCUT2D eigenvalue weighted by Gasteiger charge is -2.28. The highest BCUT2D eigenvalue weighted by molar-refractivity contribution is 7.10. The highest BCUT2D eigenvalue weighted by Crippen LogP contribution is 2.46. The Labute approximate surface area is 224 Å². The van der Waals surface area contributed by atoms with Gasteiger partial charge in [0, 0.05) is 48.8 Å². The Hall–Kier alpha value is -3.80. The van der Waals surface area contributed by atoms with E-state index in [1.807, 2.05) is 30.3 Å². The number of hydrogen-bond acceptors (Lipinski definition) is 10. The number of aliphatic hydroxyl groups is 1. The van der Waals surface area contributed by atoms with Crippen LogP contribution < -0.4 is 15.4 Å². The number of benzene rings is 2. The van der Waals surface area contributed by atoms with E-state index in [-0.39, 0.29) is 18.9 Å². The molecule has 1 aromatic heterocycles. The maximum atomic E-state index is 13.0. The van der Waals surface area contributed by atoms with Crippen molar-refractivity contribution in [1.29, 1.82) is 0 Å². The molecule has 3 aromatic rings. The van der Waals surface area contributed by atoms with Crippen molar-refractivity contribution in [3.05, 3.63) is 92.8 Å². The minimum atomic E-state index is -0.695. The number of anilines is 1. The summed E-state index contributed by atoms with van der Waals surface area (Å²) in [7, 11) is 0. The zero-order valence-corrected chi connectivity index (χ0v) is 22.0. The minimum absolute atomic E-state index is 0.0541. The number of ether oxygens (including phenoxy) is 2. The van der Waals surface area contributed by atoms with Crippen molar-refractivity contribution in [2.75, 3.05) is 31.6 Å². The van der Waals surface area contributed by atoms with Gasteiger partial charge in [0.2, 0.25) is 0 Å². The molecule has 0 spiro atoms. The molecular formula is C27H30N4O6S. The first-order chi connectivity index (χ1) is 18.4. The van der Waals surface area contributed by atoms with E-state index in [9.17, 15) is 20.0 Å². The van der Waals surface area contributed by atoms with E-state index in [4.69, 9.17) is 9.47 Å². The van der Waals surface area contributed by atoms with Crippen LogP contribution in [0, 0.1) is 10.1 Å². The first kappa shape index (κ1) is 27.2. The molecule has 2 unspecified atom stereocenters. The van der Waals surface area contributed by atoms with Gasteiger partial charge in [-0.2, -0.15) is 4.37 Å². The number of carbonyl (C=O) groups is 1. The molecule has 11 heteroatoms. The summed E-state index contributed by atoms with van der Waals surface area (Å²) < 4.78 is 15.6. The number of esters is 1. The van der Waals surface area contributed by atoms with Gasteiger partial charge in [0.1, 0.15) is 23.5 Å². The third-order valence-electron chi connectivity index (χ3n) is 6.10. The van der Waals surface area contributed by atoms with Gasteiger partial charge >= 0.3 is 5.97 Å². The molecule has 1 aliphatic rings. The van der Waals surface area contributed by atoms with E-state index in [0.29, 0.717) is 42.1 Å². The lowest BCUT2D eigenvalue weighted by Crippen LogP contribution is -2.32. The second kappa shape index (κ2) is 12.6. The number of non-ortho nitro benzene ring substituents is 1. The zero-order valence-electron chi connectivity index (χ0n) is 21.2. The summed E-state index contributed by atoms with van der Waals surface area (Å²) in [5, 5.41) is 29.0. The standard InChI is InChI=1S/C27H30N4O6S/c1-3-36-27(33)23-17(2)29-26-25(24(23)18-8-7-9-19(14-18)31(34)35)22(30-38-26)12-13-28-15-20(32)16-37-21-10-5-4-6-11-21/h4-11,14,20,24,28-29,32H,3,12-13,15-16H2,1-2H3. The van der Waals surface area contributed by atoms with Crippen LogP contribution in [0.4, 0.5) is 10.7 Å². The van der Waals surface area contributed by atoms with E-state index in [0.717, 1.165) is 16.3 Å². The number of nitro benzene ring substituents is 1. The summed E-state index contributed by atoms with van der Waals surface area (Å²) in [5.41, 5.74) is 3.17. The fraction of sp³-hybridized carbons (Fsp3) is 0.333. The number of nitro groups is 1. The average Bonchev–Trinajstić information content (AvgIpc) is 3.32. The van der Waals surface area contributed by atoms with Crippen LogP contribution in [0.1, 0.15) is 36.6 Å². The summed E-state index contributed by atoms with van der Waals surface area (Å²) in [6.45, 7) is 4.75. The van der Waals surface area contributed by atoms with Crippen molar-refractivity contribution in [2.45, 2.75) is 32.3 Å². The molecule has 1 aliphatic heterocycles. The Kier molecular flexibility index (Phi) is 9.06. The summed E-state index contributed by atoms with van der Waals surface area (Å²) in [6, 6.07) is 15.6. The number of para-hydroxylation sites is 1. The third-order valence-corrected chi connectivity index (χ3v) is 6.92. The molecule has 10 nitrogen and oxygen atoms in total. The van der Waals surface area contributed by atoms with Crippen molar-refractivity contribution < 1.29 is 24.3 Å². The van der Waals surface area contributed by atoms with E-state index < -0.39 is 22.9 Å². The van der Waals surface area contributed by atoms with Gasteiger partial charge in [0.05, 0.1) is 22.8 Å². The molecule has 3 N–H and O–H groups in total. The third kappa shape index (κ3) is 6.36. The van der Waals surface area contributed by atoms with Crippen LogP contribution in [-0.4, -0.2) is 52.8 Å². The van der Waals surface area contributed by atoms with Gasteiger partial charge in [-0.25, -0.2) is 4.79 Å². The number of allylic oxidation sites excluding steroid dienone is 1. The number of carbonyl (C=O) groups excluding carboxylic acids is 1. The quantitative estimate of drug-likeness (QED) is 0.135.